The number of hydrogen-bond donors (Lipinski definition) is 0. The Morgan fingerprint density at radius 2 is 1.61 bits per heavy atom. The number of fused-ring (bicyclic) bond motifs is 2. The summed E-state index contributed by atoms with van der Waals surface area (Å²) in [7, 11) is 0. The van der Waals surface area contributed by atoms with E-state index in [0.717, 1.165) is 55.9 Å². The summed E-state index contributed by atoms with van der Waals surface area (Å²) in [6.45, 7) is 5.55. The number of anilines is 1. The molecule has 0 N–H and O–H groups in total. The van der Waals surface area contributed by atoms with E-state index in [-0.39, 0.29) is 5.56 Å². The Kier molecular flexibility index (Phi) is 4.58. The van der Waals surface area contributed by atoms with Crippen molar-refractivity contribution in [2.24, 2.45) is 0 Å². The molecule has 0 atom stereocenters. The zero-order valence-corrected chi connectivity index (χ0v) is 16.4. The van der Waals surface area contributed by atoms with Crippen molar-refractivity contribution < 1.29 is 0 Å². The van der Waals surface area contributed by atoms with Crippen molar-refractivity contribution in [2.45, 2.75) is 6.54 Å². The summed E-state index contributed by atoms with van der Waals surface area (Å²) in [6.07, 6.45) is 1.92. The van der Waals surface area contributed by atoms with Crippen LogP contribution in [0.15, 0.2) is 65.6 Å². The van der Waals surface area contributed by atoms with Crippen LogP contribution < -0.4 is 10.5 Å². The zero-order valence-electron chi connectivity index (χ0n) is 15.6. The summed E-state index contributed by atoms with van der Waals surface area (Å²) in [5, 5.41) is 3.06. The van der Waals surface area contributed by atoms with E-state index < -0.39 is 0 Å². The second kappa shape index (κ2) is 7.37. The van der Waals surface area contributed by atoms with Crippen molar-refractivity contribution in [3.05, 3.63) is 71.1 Å². The molecule has 0 bridgehead atoms. The van der Waals surface area contributed by atoms with Crippen LogP contribution in [0.1, 0.15) is 0 Å². The van der Waals surface area contributed by atoms with Crippen LogP contribution in [0.3, 0.4) is 0 Å². The molecule has 142 valence electrons. The topological polar surface area (TPSA) is 41.4 Å². The molecule has 28 heavy (non-hydrogen) atoms. The first-order valence-corrected chi connectivity index (χ1v) is 10.5. The Balaban J connectivity index is 1.23. The molecule has 3 heterocycles. The van der Waals surface area contributed by atoms with Crippen molar-refractivity contribution in [1.82, 2.24) is 13.8 Å². The molecule has 1 saturated heterocycles. The van der Waals surface area contributed by atoms with Gasteiger partial charge in [-0.1, -0.05) is 30.3 Å². The average Bonchev–Trinajstić information content (AvgIpc) is 3.18. The fraction of sp³-hybridized carbons (Fsp3) is 0.273. The number of rotatable bonds is 4. The monoisotopic (exact) mass is 390 g/mol. The number of aromatic nitrogens is 2. The van der Waals surface area contributed by atoms with E-state index in [2.05, 4.69) is 38.4 Å². The minimum Gasteiger partial charge on any atom is -0.353 e. The van der Waals surface area contributed by atoms with Crippen molar-refractivity contribution in [3.8, 4) is 0 Å². The minimum atomic E-state index is 0.102. The van der Waals surface area contributed by atoms with Crippen LogP contribution in [0, 0.1) is 0 Å². The highest BCUT2D eigenvalue weighted by atomic mass is 32.1. The lowest BCUT2D eigenvalue weighted by Crippen LogP contribution is -2.47. The van der Waals surface area contributed by atoms with Crippen molar-refractivity contribution in [1.29, 1.82) is 0 Å². The fourth-order valence-electron chi connectivity index (χ4n) is 3.94. The van der Waals surface area contributed by atoms with Gasteiger partial charge >= 0.3 is 0 Å². The second-order valence-electron chi connectivity index (χ2n) is 7.23. The third-order valence-electron chi connectivity index (χ3n) is 5.57. The first-order chi connectivity index (χ1) is 13.8. The molecule has 2 aromatic carbocycles. The van der Waals surface area contributed by atoms with Gasteiger partial charge < -0.3 is 9.47 Å². The first-order valence-electron chi connectivity index (χ1n) is 9.69. The predicted molar refractivity (Wildman–Crippen MR) is 116 cm³/mol. The Hall–Kier alpha value is -2.70. The van der Waals surface area contributed by atoms with Crippen LogP contribution in [-0.4, -0.2) is 46.6 Å². The molecular weight excluding hydrogens is 368 g/mol. The second-order valence-corrected chi connectivity index (χ2v) is 8.04. The van der Waals surface area contributed by atoms with E-state index >= 15 is 0 Å². The molecular formula is C22H22N4OS. The molecule has 1 aliphatic heterocycles. The van der Waals surface area contributed by atoms with Crippen LogP contribution in [-0.2, 0) is 6.54 Å². The van der Waals surface area contributed by atoms with Gasteiger partial charge in [-0.3, -0.25) is 9.69 Å². The molecule has 5 nitrogen and oxygen atoms in total. The van der Waals surface area contributed by atoms with E-state index in [1.165, 1.54) is 10.1 Å². The van der Waals surface area contributed by atoms with Crippen LogP contribution in [0.5, 0.6) is 0 Å². The van der Waals surface area contributed by atoms with Crippen molar-refractivity contribution in [3.63, 3.8) is 0 Å². The van der Waals surface area contributed by atoms with Gasteiger partial charge in [0.15, 0.2) is 0 Å². The first kappa shape index (κ1) is 17.4. The van der Waals surface area contributed by atoms with Crippen LogP contribution in [0.2, 0.25) is 0 Å². The number of benzene rings is 2. The average molecular weight is 391 g/mol. The van der Waals surface area contributed by atoms with Gasteiger partial charge in [-0.15, -0.1) is 0 Å². The standard InChI is InChI=1S/C22H22N4OS/c27-22-18-6-2-1-5-17(18)9-10-26(22)16-13-24-11-14-25(15-12-24)21-19-7-3-4-8-20(19)28-23-21/h1-10H,11-16H2. The van der Waals surface area contributed by atoms with Crippen LogP contribution >= 0.6 is 11.5 Å². The molecule has 5 rings (SSSR count). The smallest absolute Gasteiger partial charge is 0.258 e. The van der Waals surface area contributed by atoms with Gasteiger partial charge in [0.2, 0.25) is 0 Å². The summed E-state index contributed by atoms with van der Waals surface area (Å²) in [5.41, 5.74) is 0.102. The van der Waals surface area contributed by atoms with E-state index in [1.807, 2.05) is 41.1 Å². The molecule has 4 aromatic rings. The molecule has 0 unspecified atom stereocenters. The van der Waals surface area contributed by atoms with Gasteiger partial charge in [0.05, 0.1) is 4.70 Å². The zero-order chi connectivity index (χ0) is 18.9. The van der Waals surface area contributed by atoms with E-state index in [0.29, 0.717) is 0 Å². The van der Waals surface area contributed by atoms with Gasteiger partial charge in [-0.05, 0) is 41.2 Å². The molecule has 0 aliphatic carbocycles. The highest BCUT2D eigenvalue weighted by Crippen LogP contribution is 2.29. The number of pyridine rings is 1. The summed E-state index contributed by atoms with van der Waals surface area (Å²) < 4.78 is 7.76. The normalized spacial score (nSPS) is 15.5. The van der Waals surface area contributed by atoms with Gasteiger partial charge in [-0.25, -0.2) is 0 Å². The number of nitrogens with zero attached hydrogens (tertiary/aromatic N) is 4. The maximum atomic E-state index is 12.7. The Morgan fingerprint density at radius 1 is 0.857 bits per heavy atom. The lowest BCUT2D eigenvalue weighted by molar-refractivity contribution is 0.247. The molecule has 1 aliphatic rings. The quantitative estimate of drug-likeness (QED) is 0.535. The van der Waals surface area contributed by atoms with Crippen molar-refractivity contribution >= 4 is 38.2 Å². The molecule has 2 aromatic heterocycles. The molecule has 0 spiro atoms. The Bertz CT molecular complexity index is 1170. The van der Waals surface area contributed by atoms with Gasteiger partial charge in [0, 0.05) is 56.2 Å². The fourth-order valence-corrected chi connectivity index (χ4v) is 4.73. The van der Waals surface area contributed by atoms with Crippen LogP contribution in [0.4, 0.5) is 5.82 Å². The summed E-state index contributed by atoms with van der Waals surface area (Å²) in [6, 6.07) is 18.3. The predicted octanol–water partition coefficient (Wildman–Crippen LogP) is 3.43. The number of piperazine rings is 1. The largest absolute Gasteiger partial charge is 0.353 e. The maximum Gasteiger partial charge on any atom is 0.258 e. The van der Waals surface area contributed by atoms with E-state index in [1.54, 1.807) is 11.5 Å². The summed E-state index contributed by atoms with van der Waals surface area (Å²) in [4.78, 5) is 17.5. The van der Waals surface area contributed by atoms with Gasteiger partial charge in [-0.2, -0.15) is 4.37 Å². The Labute approximate surface area is 167 Å². The van der Waals surface area contributed by atoms with Gasteiger partial charge in [0.1, 0.15) is 5.82 Å². The lowest BCUT2D eigenvalue weighted by atomic mass is 10.2. The molecule has 1 fully saturated rings. The highest BCUT2D eigenvalue weighted by molar-refractivity contribution is 7.13. The summed E-state index contributed by atoms with van der Waals surface area (Å²) >= 11 is 1.58. The lowest BCUT2D eigenvalue weighted by Gasteiger charge is -2.35. The summed E-state index contributed by atoms with van der Waals surface area (Å²) in [5.74, 6) is 1.12. The third kappa shape index (κ3) is 3.19. The molecule has 0 radical (unpaired) electrons. The van der Waals surface area contributed by atoms with Crippen LogP contribution in [0.25, 0.3) is 20.9 Å². The third-order valence-corrected chi connectivity index (χ3v) is 6.39. The highest BCUT2D eigenvalue weighted by Gasteiger charge is 2.20. The maximum absolute atomic E-state index is 12.7. The number of hydrogen-bond acceptors (Lipinski definition) is 5. The van der Waals surface area contributed by atoms with Crippen molar-refractivity contribution in [2.75, 3.05) is 37.6 Å². The SMILES string of the molecule is O=c1c2ccccc2ccn1CCN1CCN(c2nsc3ccccc23)CC1. The minimum absolute atomic E-state index is 0.102. The van der Waals surface area contributed by atoms with Gasteiger partial charge in [0.25, 0.3) is 5.56 Å². The molecule has 6 heteroatoms. The van der Waals surface area contributed by atoms with E-state index in [4.69, 9.17) is 0 Å². The van der Waals surface area contributed by atoms with E-state index in [9.17, 15) is 4.79 Å². The Morgan fingerprint density at radius 3 is 2.46 bits per heavy atom. The molecule has 0 saturated carbocycles. The molecule has 0 amide bonds.